The predicted octanol–water partition coefficient (Wildman–Crippen LogP) is 1.88. The molecule has 2 unspecified atom stereocenters. The van der Waals surface area contributed by atoms with E-state index in [9.17, 15) is 17.8 Å². The number of rotatable bonds is 4. The molecule has 0 aliphatic carbocycles. The summed E-state index contributed by atoms with van der Waals surface area (Å²) in [6, 6.07) is 6.26. The maximum absolute atomic E-state index is 12.9. The first kappa shape index (κ1) is 14.0. The molecule has 0 aromatic heterocycles. The maximum Gasteiger partial charge on any atom is 0.342 e. The first-order chi connectivity index (χ1) is 8.83. The highest BCUT2D eigenvalue weighted by atomic mass is 32.2. The summed E-state index contributed by atoms with van der Waals surface area (Å²) >= 11 is -2.48. The number of hydrogen-bond donors (Lipinski definition) is 1. The van der Waals surface area contributed by atoms with Crippen molar-refractivity contribution >= 4 is 23.0 Å². The molecule has 1 saturated heterocycles. The number of para-hydroxylation sites is 1. The molecule has 2 rings (SSSR count). The van der Waals surface area contributed by atoms with E-state index in [-0.39, 0.29) is 5.69 Å². The number of hydrogen-bond acceptors (Lipinski definition) is 3. The molecule has 1 heterocycles. The molecule has 8 heteroatoms. The van der Waals surface area contributed by atoms with Gasteiger partial charge in [0, 0.05) is 11.3 Å². The summed E-state index contributed by atoms with van der Waals surface area (Å²) in [6.45, 7) is 0.799. The maximum atomic E-state index is 12.9. The van der Waals surface area contributed by atoms with E-state index in [2.05, 4.69) is 4.18 Å². The van der Waals surface area contributed by atoms with Crippen molar-refractivity contribution in [2.45, 2.75) is 19.0 Å². The van der Waals surface area contributed by atoms with Crippen molar-refractivity contribution < 1.29 is 26.5 Å². The lowest BCUT2D eigenvalue weighted by Gasteiger charge is -2.39. The van der Waals surface area contributed by atoms with E-state index in [4.69, 9.17) is 4.55 Å². The third kappa shape index (κ3) is 2.65. The van der Waals surface area contributed by atoms with Gasteiger partial charge in [-0.05, 0) is 13.0 Å². The molecule has 1 aliphatic heterocycles. The number of β-lactam (4-membered cyclic amide) rings is 1. The molecular formula is C11H11F2NO4S. The highest BCUT2D eigenvalue weighted by Gasteiger charge is 2.55. The van der Waals surface area contributed by atoms with E-state index in [1.165, 1.54) is 13.0 Å². The summed E-state index contributed by atoms with van der Waals surface area (Å²) < 4.78 is 49.8. The fourth-order valence-corrected chi connectivity index (χ4v) is 2.24. The SMILES string of the molecule is CC(OS(=O)O)c1ccccc1N1CC(F)(F)C1=O. The van der Waals surface area contributed by atoms with Gasteiger partial charge >= 0.3 is 17.3 Å². The Hall–Kier alpha value is -1.38. The van der Waals surface area contributed by atoms with Crippen LogP contribution in [0, 0.1) is 0 Å². The first-order valence-electron chi connectivity index (χ1n) is 5.39. The zero-order valence-electron chi connectivity index (χ0n) is 9.88. The average molecular weight is 291 g/mol. The lowest BCUT2D eigenvalue weighted by molar-refractivity contribution is -0.152. The van der Waals surface area contributed by atoms with Crippen LogP contribution in [0.3, 0.4) is 0 Å². The molecule has 0 spiro atoms. The van der Waals surface area contributed by atoms with Gasteiger partial charge in [0.1, 0.15) is 6.10 Å². The molecule has 1 fully saturated rings. The van der Waals surface area contributed by atoms with E-state index in [1.807, 2.05) is 0 Å². The van der Waals surface area contributed by atoms with Gasteiger partial charge in [0.15, 0.2) is 0 Å². The number of alkyl halides is 2. The van der Waals surface area contributed by atoms with E-state index < -0.39 is 35.8 Å². The lowest BCUT2D eigenvalue weighted by Crippen LogP contribution is -2.62. The van der Waals surface area contributed by atoms with Crippen molar-refractivity contribution in [3.8, 4) is 0 Å². The Morgan fingerprint density at radius 3 is 2.63 bits per heavy atom. The summed E-state index contributed by atoms with van der Waals surface area (Å²) in [4.78, 5) is 12.2. The molecule has 1 aromatic carbocycles. The summed E-state index contributed by atoms with van der Waals surface area (Å²) in [5.74, 6) is -4.62. The van der Waals surface area contributed by atoms with Crippen molar-refractivity contribution in [1.82, 2.24) is 0 Å². The van der Waals surface area contributed by atoms with E-state index in [1.54, 1.807) is 18.2 Å². The van der Waals surface area contributed by atoms with Crippen LogP contribution in [-0.2, 0) is 20.3 Å². The topological polar surface area (TPSA) is 66.8 Å². The van der Waals surface area contributed by atoms with Crippen LogP contribution < -0.4 is 4.90 Å². The number of anilines is 1. The van der Waals surface area contributed by atoms with Crippen LogP contribution >= 0.6 is 0 Å². The van der Waals surface area contributed by atoms with Gasteiger partial charge in [-0.1, -0.05) is 18.2 Å². The molecule has 19 heavy (non-hydrogen) atoms. The van der Waals surface area contributed by atoms with Crippen molar-refractivity contribution in [2.24, 2.45) is 0 Å². The second-order valence-corrected chi connectivity index (χ2v) is 4.74. The largest absolute Gasteiger partial charge is 0.342 e. The van der Waals surface area contributed by atoms with Crippen LogP contribution in [0.5, 0.6) is 0 Å². The minimum absolute atomic E-state index is 0.261. The van der Waals surface area contributed by atoms with Crippen LogP contribution in [0.4, 0.5) is 14.5 Å². The zero-order chi connectivity index (χ0) is 14.2. The van der Waals surface area contributed by atoms with Gasteiger partial charge in [-0.2, -0.15) is 13.0 Å². The normalized spacial score (nSPS) is 20.8. The monoisotopic (exact) mass is 291 g/mol. The van der Waals surface area contributed by atoms with Gasteiger partial charge in [-0.15, -0.1) is 0 Å². The molecule has 5 nitrogen and oxygen atoms in total. The van der Waals surface area contributed by atoms with E-state index >= 15 is 0 Å². The van der Waals surface area contributed by atoms with Crippen LogP contribution in [0.1, 0.15) is 18.6 Å². The fraction of sp³-hybridized carbons (Fsp3) is 0.364. The van der Waals surface area contributed by atoms with Crippen molar-refractivity contribution in [3.05, 3.63) is 29.8 Å². The van der Waals surface area contributed by atoms with Gasteiger partial charge in [-0.25, -0.2) is 0 Å². The molecule has 104 valence electrons. The Labute approximate surface area is 110 Å². The number of carbonyl (C=O) groups excluding carboxylic acids is 1. The molecule has 2 atom stereocenters. The predicted molar refractivity (Wildman–Crippen MR) is 64.0 cm³/mol. The van der Waals surface area contributed by atoms with Gasteiger partial charge in [0.25, 0.3) is 5.91 Å². The Balaban J connectivity index is 2.28. The highest BCUT2D eigenvalue weighted by molar-refractivity contribution is 7.74. The molecule has 1 amide bonds. The Morgan fingerprint density at radius 1 is 1.47 bits per heavy atom. The Kier molecular flexibility index (Phi) is 3.66. The summed E-state index contributed by atoms with van der Waals surface area (Å²) in [5.41, 5.74) is 0.658. The molecular weight excluding hydrogens is 280 g/mol. The average Bonchev–Trinajstić information content (AvgIpc) is 2.35. The minimum Gasteiger partial charge on any atom is -0.300 e. The number of halogens is 2. The highest BCUT2D eigenvalue weighted by Crippen LogP contribution is 2.37. The Bertz CT molecular complexity index is 537. The third-order valence-corrected chi connectivity index (χ3v) is 3.26. The zero-order valence-corrected chi connectivity index (χ0v) is 10.7. The van der Waals surface area contributed by atoms with E-state index in [0.29, 0.717) is 5.56 Å². The van der Waals surface area contributed by atoms with Crippen LogP contribution in [0.2, 0.25) is 0 Å². The van der Waals surface area contributed by atoms with Crippen molar-refractivity contribution in [1.29, 1.82) is 0 Å². The van der Waals surface area contributed by atoms with Crippen molar-refractivity contribution in [2.75, 3.05) is 11.4 Å². The third-order valence-electron chi connectivity index (χ3n) is 2.81. The smallest absolute Gasteiger partial charge is 0.300 e. The van der Waals surface area contributed by atoms with Crippen LogP contribution in [0.25, 0.3) is 0 Å². The van der Waals surface area contributed by atoms with E-state index in [0.717, 1.165) is 4.90 Å². The summed E-state index contributed by atoms with van der Waals surface area (Å²) in [5, 5.41) is 0. The molecule has 1 aliphatic rings. The quantitative estimate of drug-likeness (QED) is 0.679. The van der Waals surface area contributed by atoms with Crippen LogP contribution in [0.15, 0.2) is 24.3 Å². The van der Waals surface area contributed by atoms with Gasteiger partial charge in [0.05, 0.1) is 6.54 Å². The first-order valence-corrected chi connectivity index (χ1v) is 6.43. The Morgan fingerprint density at radius 2 is 2.11 bits per heavy atom. The van der Waals surface area contributed by atoms with Crippen molar-refractivity contribution in [3.63, 3.8) is 0 Å². The standard InChI is InChI=1S/C11H11F2NO4S/c1-7(18-19(16)17)8-4-2-3-5-9(8)14-6-11(12,13)10(14)15/h2-5,7H,6H2,1H3,(H,16,17). The minimum atomic E-state index is -3.34. The fourth-order valence-electron chi connectivity index (χ4n) is 1.89. The van der Waals surface area contributed by atoms with Gasteiger partial charge in [0.2, 0.25) is 0 Å². The molecule has 1 aromatic rings. The van der Waals surface area contributed by atoms with Gasteiger partial charge in [-0.3, -0.25) is 13.5 Å². The lowest BCUT2D eigenvalue weighted by atomic mass is 10.0. The van der Waals surface area contributed by atoms with Gasteiger partial charge < -0.3 is 4.90 Å². The number of amides is 1. The second kappa shape index (κ2) is 4.95. The number of carbonyl (C=O) groups is 1. The number of nitrogens with zero attached hydrogens (tertiary/aromatic N) is 1. The summed E-state index contributed by atoms with van der Waals surface area (Å²) in [7, 11) is 0. The second-order valence-electron chi connectivity index (χ2n) is 4.11. The molecule has 0 saturated carbocycles. The summed E-state index contributed by atoms with van der Waals surface area (Å²) in [6.07, 6.45) is -0.802. The van der Waals surface area contributed by atoms with Crippen LogP contribution in [-0.4, -0.2) is 27.1 Å². The molecule has 1 N–H and O–H groups in total. The molecule has 0 bridgehead atoms. The number of benzene rings is 1. The molecule has 0 radical (unpaired) electrons.